The van der Waals surface area contributed by atoms with Crippen LogP contribution in [0.15, 0.2) is 53.5 Å². The van der Waals surface area contributed by atoms with E-state index in [1.807, 2.05) is 42.5 Å². The number of aryl methyl sites for hydroxylation is 1. The highest BCUT2D eigenvalue weighted by molar-refractivity contribution is 7.21. The van der Waals surface area contributed by atoms with Crippen molar-refractivity contribution in [2.24, 2.45) is 4.99 Å². The van der Waals surface area contributed by atoms with Crippen molar-refractivity contribution in [3.63, 3.8) is 0 Å². The van der Waals surface area contributed by atoms with Crippen LogP contribution in [-0.4, -0.2) is 20.9 Å². The second kappa shape index (κ2) is 9.23. The van der Waals surface area contributed by atoms with Gasteiger partial charge < -0.3 is 9.67 Å². The summed E-state index contributed by atoms with van der Waals surface area (Å²) in [6, 6.07) is 16.1. The van der Waals surface area contributed by atoms with Gasteiger partial charge in [-0.2, -0.15) is 0 Å². The van der Waals surface area contributed by atoms with Gasteiger partial charge in [0.15, 0.2) is 0 Å². The summed E-state index contributed by atoms with van der Waals surface area (Å²) in [5.74, 6) is 1.00. The Morgan fingerprint density at radius 3 is 2.62 bits per heavy atom. The molecule has 0 saturated heterocycles. The minimum absolute atomic E-state index is 0.299. The standard InChI is InChI=1S/C24H27N3OS/c1-2-3-4-5-6-11-16-27-20-14-9-8-13-19(20)26-24(27)25-17-22-23(28)18-12-7-10-15-21(18)29-22/h7-10,12-15,17,28H,2-6,11,16H2,1H3/b25-17+. The van der Waals surface area contributed by atoms with Crippen LogP contribution in [0.25, 0.3) is 21.1 Å². The summed E-state index contributed by atoms with van der Waals surface area (Å²) in [6.45, 7) is 3.16. The fraction of sp³-hybridized carbons (Fsp3) is 0.333. The maximum absolute atomic E-state index is 10.5. The highest BCUT2D eigenvalue weighted by Gasteiger charge is 2.11. The van der Waals surface area contributed by atoms with Crippen LogP contribution in [0.2, 0.25) is 0 Å². The van der Waals surface area contributed by atoms with Gasteiger partial charge in [0.25, 0.3) is 0 Å². The Bertz CT molecular complexity index is 1130. The average Bonchev–Trinajstić information content (AvgIpc) is 3.26. The first kappa shape index (κ1) is 19.6. The summed E-state index contributed by atoms with van der Waals surface area (Å²) in [4.78, 5) is 10.2. The lowest BCUT2D eigenvalue weighted by atomic mass is 10.1. The van der Waals surface area contributed by atoms with Gasteiger partial charge in [-0.3, -0.25) is 0 Å². The number of thiophene rings is 1. The van der Waals surface area contributed by atoms with Gasteiger partial charge >= 0.3 is 0 Å². The molecule has 150 valence electrons. The molecule has 4 aromatic rings. The lowest BCUT2D eigenvalue weighted by molar-refractivity contribution is 0.483. The molecular formula is C24H27N3OS. The third-order valence-electron chi connectivity index (χ3n) is 5.26. The third kappa shape index (κ3) is 4.35. The Balaban J connectivity index is 1.57. The Morgan fingerprint density at radius 2 is 1.76 bits per heavy atom. The number of aromatic nitrogens is 2. The average molecular weight is 406 g/mol. The van der Waals surface area contributed by atoms with Crippen LogP contribution >= 0.6 is 11.3 Å². The Hall–Kier alpha value is -2.66. The molecule has 2 aromatic carbocycles. The van der Waals surface area contributed by atoms with Crippen molar-refractivity contribution >= 4 is 44.6 Å². The molecule has 0 aliphatic rings. The smallest absolute Gasteiger partial charge is 0.230 e. The lowest BCUT2D eigenvalue weighted by Gasteiger charge is -2.06. The van der Waals surface area contributed by atoms with Gasteiger partial charge in [0.2, 0.25) is 5.95 Å². The summed E-state index contributed by atoms with van der Waals surface area (Å²) < 4.78 is 3.27. The number of imidazole rings is 1. The molecule has 0 bridgehead atoms. The number of nitrogens with zero attached hydrogens (tertiary/aromatic N) is 3. The van der Waals surface area contributed by atoms with Crippen LogP contribution in [0.4, 0.5) is 5.95 Å². The van der Waals surface area contributed by atoms with E-state index in [0.29, 0.717) is 11.7 Å². The number of aromatic hydroxyl groups is 1. The number of rotatable bonds is 9. The zero-order valence-corrected chi connectivity index (χ0v) is 17.7. The molecule has 0 aliphatic carbocycles. The molecule has 0 unspecified atom stereocenters. The van der Waals surface area contributed by atoms with E-state index in [4.69, 9.17) is 4.98 Å². The third-order valence-corrected chi connectivity index (χ3v) is 6.36. The number of para-hydroxylation sites is 2. The van der Waals surface area contributed by atoms with Gasteiger partial charge in [0.1, 0.15) is 5.75 Å². The molecule has 0 spiro atoms. The van der Waals surface area contributed by atoms with Crippen molar-refractivity contribution in [1.29, 1.82) is 0 Å². The SMILES string of the molecule is CCCCCCCCn1c(/N=C/c2sc3ccccc3c2O)nc2ccccc21. The summed E-state index contributed by atoms with van der Waals surface area (Å²) in [5.41, 5.74) is 2.08. The summed E-state index contributed by atoms with van der Waals surface area (Å²) >= 11 is 1.55. The minimum atomic E-state index is 0.299. The number of benzene rings is 2. The first-order valence-electron chi connectivity index (χ1n) is 10.5. The zero-order chi connectivity index (χ0) is 20.1. The van der Waals surface area contributed by atoms with Crippen molar-refractivity contribution in [2.45, 2.75) is 52.0 Å². The molecule has 5 heteroatoms. The molecule has 0 aliphatic heterocycles. The molecule has 0 saturated carbocycles. The van der Waals surface area contributed by atoms with E-state index in [1.165, 1.54) is 32.1 Å². The van der Waals surface area contributed by atoms with E-state index in [1.54, 1.807) is 17.6 Å². The lowest BCUT2D eigenvalue weighted by Crippen LogP contribution is -1.98. The van der Waals surface area contributed by atoms with E-state index in [-0.39, 0.29) is 0 Å². The molecule has 4 rings (SSSR count). The van der Waals surface area contributed by atoms with Crippen LogP contribution in [-0.2, 0) is 6.54 Å². The first-order chi connectivity index (χ1) is 14.3. The van der Waals surface area contributed by atoms with E-state index in [2.05, 4.69) is 22.5 Å². The van der Waals surface area contributed by atoms with Crippen LogP contribution in [0.3, 0.4) is 0 Å². The molecule has 29 heavy (non-hydrogen) atoms. The predicted molar refractivity (Wildman–Crippen MR) is 124 cm³/mol. The molecule has 2 heterocycles. The highest BCUT2D eigenvalue weighted by atomic mass is 32.1. The maximum Gasteiger partial charge on any atom is 0.230 e. The van der Waals surface area contributed by atoms with Gasteiger partial charge in [0, 0.05) is 16.6 Å². The number of unbranched alkanes of at least 4 members (excludes halogenated alkanes) is 5. The fourth-order valence-corrected chi connectivity index (χ4v) is 4.66. The molecular weight excluding hydrogens is 378 g/mol. The van der Waals surface area contributed by atoms with Crippen molar-refractivity contribution < 1.29 is 5.11 Å². The largest absolute Gasteiger partial charge is 0.506 e. The number of hydrogen-bond donors (Lipinski definition) is 1. The van der Waals surface area contributed by atoms with E-state index >= 15 is 0 Å². The van der Waals surface area contributed by atoms with Crippen LogP contribution in [0, 0.1) is 0 Å². The Labute approximate surface area is 175 Å². The molecule has 0 fully saturated rings. The summed E-state index contributed by atoms with van der Waals surface area (Å²) in [7, 11) is 0. The van der Waals surface area contributed by atoms with E-state index in [0.717, 1.165) is 39.0 Å². The van der Waals surface area contributed by atoms with Crippen molar-refractivity contribution in [3.05, 3.63) is 53.4 Å². The van der Waals surface area contributed by atoms with Crippen molar-refractivity contribution in [1.82, 2.24) is 9.55 Å². The monoisotopic (exact) mass is 405 g/mol. The second-order valence-corrected chi connectivity index (χ2v) is 8.47. The highest BCUT2D eigenvalue weighted by Crippen LogP contribution is 2.35. The van der Waals surface area contributed by atoms with Crippen molar-refractivity contribution in [3.8, 4) is 5.75 Å². The van der Waals surface area contributed by atoms with Crippen LogP contribution in [0.1, 0.15) is 50.3 Å². The summed E-state index contributed by atoms with van der Waals surface area (Å²) in [5, 5.41) is 11.4. The molecule has 0 atom stereocenters. The number of hydrogen-bond acceptors (Lipinski definition) is 4. The molecule has 0 radical (unpaired) electrons. The van der Waals surface area contributed by atoms with Gasteiger partial charge in [-0.1, -0.05) is 63.3 Å². The fourth-order valence-electron chi connectivity index (χ4n) is 3.69. The normalized spacial score (nSPS) is 11.9. The Kier molecular flexibility index (Phi) is 6.25. The quantitative estimate of drug-likeness (QED) is 0.239. The number of fused-ring (bicyclic) bond motifs is 2. The van der Waals surface area contributed by atoms with E-state index in [9.17, 15) is 5.11 Å². The summed E-state index contributed by atoms with van der Waals surface area (Å²) in [6.07, 6.45) is 9.30. The molecule has 2 aromatic heterocycles. The van der Waals surface area contributed by atoms with Gasteiger partial charge in [0.05, 0.1) is 22.1 Å². The van der Waals surface area contributed by atoms with Gasteiger partial charge in [-0.25, -0.2) is 9.98 Å². The van der Waals surface area contributed by atoms with Crippen molar-refractivity contribution in [2.75, 3.05) is 0 Å². The van der Waals surface area contributed by atoms with E-state index < -0.39 is 0 Å². The maximum atomic E-state index is 10.5. The topological polar surface area (TPSA) is 50.4 Å². The number of aliphatic imine (C=N–C) groups is 1. The minimum Gasteiger partial charge on any atom is -0.506 e. The molecule has 0 amide bonds. The van der Waals surface area contributed by atoms with Gasteiger partial charge in [-0.15, -0.1) is 11.3 Å². The molecule has 1 N–H and O–H groups in total. The Morgan fingerprint density at radius 1 is 1.00 bits per heavy atom. The van der Waals surface area contributed by atoms with Gasteiger partial charge in [-0.05, 0) is 30.7 Å². The first-order valence-corrected chi connectivity index (χ1v) is 11.3. The van der Waals surface area contributed by atoms with Crippen LogP contribution in [0.5, 0.6) is 5.75 Å². The predicted octanol–water partition coefficient (Wildman–Crippen LogP) is 7.07. The molecule has 4 nitrogen and oxygen atoms in total. The van der Waals surface area contributed by atoms with Crippen LogP contribution < -0.4 is 0 Å². The second-order valence-electron chi connectivity index (χ2n) is 7.39. The zero-order valence-electron chi connectivity index (χ0n) is 16.8.